The van der Waals surface area contributed by atoms with Gasteiger partial charge in [0, 0.05) is 30.3 Å². The predicted molar refractivity (Wildman–Crippen MR) is 77.0 cm³/mol. The highest BCUT2D eigenvalue weighted by molar-refractivity contribution is 7.99. The lowest BCUT2D eigenvalue weighted by Crippen LogP contribution is -2.47. The summed E-state index contributed by atoms with van der Waals surface area (Å²) in [6, 6.07) is 1.65. The number of thioether (sulfide) groups is 1. The molecule has 1 atom stereocenters. The molecule has 2 rings (SSSR count). The summed E-state index contributed by atoms with van der Waals surface area (Å²) in [5.74, 6) is 0.467. The predicted octanol–water partition coefficient (Wildman–Crippen LogP) is 1.50. The van der Waals surface area contributed by atoms with Crippen molar-refractivity contribution in [2.45, 2.75) is 32.4 Å². The number of hydrogen-bond acceptors (Lipinski definition) is 4. The number of carboxylic acid groups (broad SMARTS) is 1. The fourth-order valence-corrected chi connectivity index (χ4v) is 3.24. The highest BCUT2D eigenvalue weighted by Crippen LogP contribution is 2.21. The van der Waals surface area contributed by atoms with Crippen LogP contribution in [-0.4, -0.2) is 55.8 Å². The Morgan fingerprint density at radius 2 is 2.30 bits per heavy atom. The Kier molecular flexibility index (Phi) is 4.69. The summed E-state index contributed by atoms with van der Waals surface area (Å²) in [6.45, 7) is 4.56. The molecule has 20 heavy (non-hydrogen) atoms. The summed E-state index contributed by atoms with van der Waals surface area (Å²) in [6.07, 6.45) is 1.77. The van der Waals surface area contributed by atoms with E-state index < -0.39 is 5.97 Å². The van der Waals surface area contributed by atoms with Gasteiger partial charge in [0.1, 0.15) is 5.69 Å². The van der Waals surface area contributed by atoms with Gasteiger partial charge in [-0.05, 0) is 19.9 Å². The van der Waals surface area contributed by atoms with Crippen molar-refractivity contribution in [3.8, 4) is 0 Å². The number of hydrogen-bond donors (Lipinski definition) is 1. The van der Waals surface area contributed by atoms with Crippen LogP contribution in [0.2, 0.25) is 0 Å². The summed E-state index contributed by atoms with van der Waals surface area (Å²) in [4.78, 5) is 25.0. The third-order valence-corrected chi connectivity index (χ3v) is 4.35. The standard InChI is InChI=1S/C13H19N3O3S/c1-9(2)16-4-3-11(14-16)13(19)15-5-6-20-8-10(15)7-12(17)18/h3-4,9-10H,5-8H2,1-2H3,(H,17,18). The van der Waals surface area contributed by atoms with Crippen LogP contribution in [0.4, 0.5) is 0 Å². The van der Waals surface area contributed by atoms with Crippen molar-refractivity contribution in [2.75, 3.05) is 18.1 Å². The molecule has 0 radical (unpaired) electrons. The van der Waals surface area contributed by atoms with Gasteiger partial charge < -0.3 is 10.0 Å². The lowest BCUT2D eigenvalue weighted by Gasteiger charge is -2.34. The molecule has 1 aliphatic heterocycles. The Morgan fingerprint density at radius 1 is 1.55 bits per heavy atom. The molecule has 2 heterocycles. The molecule has 0 spiro atoms. The molecule has 1 unspecified atom stereocenters. The van der Waals surface area contributed by atoms with Crippen LogP contribution in [0.5, 0.6) is 0 Å². The number of carbonyl (C=O) groups is 2. The Hall–Kier alpha value is -1.50. The molecule has 0 saturated carbocycles. The van der Waals surface area contributed by atoms with Crippen molar-refractivity contribution >= 4 is 23.6 Å². The van der Waals surface area contributed by atoms with Crippen LogP contribution in [0.15, 0.2) is 12.3 Å². The van der Waals surface area contributed by atoms with Gasteiger partial charge >= 0.3 is 5.97 Å². The van der Waals surface area contributed by atoms with Crippen LogP contribution < -0.4 is 0 Å². The smallest absolute Gasteiger partial charge is 0.305 e. The average Bonchev–Trinajstić information content (AvgIpc) is 2.87. The minimum atomic E-state index is -0.872. The molecule has 1 aromatic heterocycles. The maximum atomic E-state index is 12.5. The monoisotopic (exact) mass is 297 g/mol. The Morgan fingerprint density at radius 3 is 2.90 bits per heavy atom. The second-order valence-electron chi connectivity index (χ2n) is 5.10. The van der Waals surface area contributed by atoms with Gasteiger partial charge in [-0.15, -0.1) is 0 Å². The van der Waals surface area contributed by atoms with Crippen LogP contribution >= 0.6 is 11.8 Å². The average molecular weight is 297 g/mol. The SMILES string of the molecule is CC(C)n1ccc(C(=O)N2CCSCC2CC(=O)O)n1. The number of aliphatic carboxylic acids is 1. The molecule has 0 bridgehead atoms. The quantitative estimate of drug-likeness (QED) is 0.911. The zero-order valence-corrected chi connectivity index (χ0v) is 12.5. The molecular weight excluding hydrogens is 278 g/mol. The normalized spacial score (nSPS) is 19.4. The summed E-state index contributed by atoms with van der Waals surface area (Å²) in [7, 11) is 0. The van der Waals surface area contributed by atoms with E-state index in [9.17, 15) is 9.59 Å². The van der Waals surface area contributed by atoms with E-state index in [4.69, 9.17) is 5.11 Å². The van der Waals surface area contributed by atoms with Crippen molar-refractivity contribution < 1.29 is 14.7 Å². The van der Waals surface area contributed by atoms with Gasteiger partial charge in [0.2, 0.25) is 0 Å². The van der Waals surface area contributed by atoms with E-state index in [0.717, 1.165) is 5.75 Å². The third kappa shape index (κ3) is 3.33. The zero-order valence-electron chi connectivity index (χ0n) is 11.7. The van der Waals surface area contributed by atoms with E-state index in [0.29, 0.717) is 18.0 Å². The Bertz CT molecular complexity index is 501. The maximum absolute atomic E-state index is 12.5. The van der Waals surface area contributed by atoms with Gasteiger partial charge in [-0.3, -0.25) is 14.3 Å². The minimum absolute atomic E-state index is 0.0103. The number of carbonyl (C=O) groups excluding carboxylic acids is 1. The van der Waals surface area contributed by atoms with Crippen LogP contribution in [0, 0.1) is 0 Å². The molecule has 1 aliphatic rings. The number of rotatable bonds is 4. The second kappa shape index (κ2) is 6.30. The molecule has 0 aromatic carbocycles. The number of nitrogens with zero attached hydrogens (tertiary/aromatic N) is 3. The van der Waals surface area contributed by atoms with E-state index in [2.05, 4.69) is 5.10 Å². The first-order chi connectivity index (χ1) is 9.49. The number of amides is 1. The van der Waals surface area contributed by atoms with E-state index >= 15 is 0 Å². The molecule has 1 saturated heterocycles. The van der Waals surface area contributed by atoms with Gasteiger partial charge in [0.05, 0.1) is 12.5 Å². The topological polar surface area (TPSA) is 75.4 Å². The Balaban J connectivity index is 2.13. The van der Waals surface area contributed by atoms with E-state index in [1.54, 1.807) is 33.6 Å². The summed E-state index contributed by atoms with van der Waals surface area (Å²) in [5.41, 5.74) is 0.390. The highest BCUT2D eigenvalue weighted by atomic mass is 32.2. The fraction of sp³-hybridized carbons (Fsp3) is 0.615. The van der Waals surface area contributed by atoms with Crippen molar-refractivity contribution in [3.05, 3.63) is 18.0 Å². The van der Waals surface area contributed by atoms with Crippen LogP contribution in [-0.2, 0) is 4.79 Å². The van der Waals surface area contributed by atoms with Gasteiger partial charge in [0.25, 0.3) is 5.91 Å². The first kappa shape index (κ1) is 14.9. The molecule has 1 fully saturated rings. The summed E-state index contributed by atoms with van der Waals surface area (Å²) >= 11 is 1.69. The van der Waals surface area contributed by atoms with Gasteiger partial charge in [-0.25, -0.2) is 0 Å². The fourth-order valence-electron chi connectivity index (χ4n) is 2.18. The van der Waals surface area contributed by atoms with Crippen LogP contribution in [0.3, 0.4) is 0 Å². The van der Waals surface area contributed by atoms with Gasteiger partial charge in [0.15, 0.2) is 0 Å². The number of carboxylic acids is 1. The molecule has 1 N–H and O–H groups in total. The minimum Gasteiger partial charge on any atom is -0.481 e. The Labute approximate surface area is 122 Å². The second-order valence-corrected chi connectivity index (χ2v) is 6.25. The van der Waals surface area contributed by atoms with Gasteiger partial charge in [-0.2, -0.15) is 16.9 Å². The van der Waals surface area contributed by atoms with Crippen molar-refractivity contribution in [1.29, 1.82) is 0 Å². The number of aromatic nitrogens is 2. The molecule has 1 aromatic rings. The molecule has 6 nitrogen and oxygen atoms in total. The van der Waals surface area contributed by atoms with Crippen LogP contribution in [0.1, 0.15) is 36.8 Å². The maximum Gasteiger partial charge on any atom is 0.305 e. The lowest BCUT2D eigenvalue weighted by atomic mass is 10.2. The van der Waals surface area contributed by atoms with Crippen LogP contribution in [0.25, 0.3) is 0 Å². The molecule has 110 valence electrons. The zero-order chi connectivity index (χ0) is 14.7. The lowest BCUT2D eigenvalue weighted by molar-refractivity contribution is -0.138. The van der Waals surface area contributed by atoms with E-state index in [-0.39, 0.29) is 24.4 Å². The largest absolute Gasteiger partial charge is 0.481 e. The summed E-state index contributed by atoms with van der Waals surface area (Å²) in [5, 5.41) is 13.2. The molecule has 0 aliphatic carbocycles. The van der Waals surface area contributed by atoms with Crippen molar-refractivity contribution in [1.82, 2.24) is 14.7 Å². The van der Waals surface area contributed by atoms with Gasteiger partial charge in [-0.1, -0.05) is 0 Å². The van der Waals surface area contributed by atoms with E-state index in [1.165, 1.54) is 0 Å². The third-order valence-electron chi connectivity index (χ3n) is 3.26. The van der Waals surface area contributed by atoms with Crippen molar-refractivity contribution in [2.24, 2.45) is 0 Å². The molecule has 1 amide bonds. The van der Waals surface area contributed by atoms with E-state index in [1.807, 2.05) is 13.8 Å². The first-order valence-corrected chi connectivity index (χ1v) is 7.80. The van der Waals surface area contributed by atoms with Crippen molar-refractivity contribution in [3.63, 3.8) is 0 Å². The molecular formula is C13H19N3O3S. The highest BCUT2D eigenvalue weighted by Gasteiger charge is 2.30. The molecule has 7 heteroatoms. The first-order valence-electron chi connectivity index (χ1n) is 6.64. The summed E-state index contributed by atoms with van der Waals surface area (Å²) < 4.78 is 1.73.